The van der Waals surface area contributed by atoms with Gasteiger partial charge in [-0.25, -0.2) is 0 Å². The molecule has 2 heterocycles. The molecule has 1 aliphatic carbocycles. The Morgan fingerprint density at radius 2 is 2.38 bits per heavy atom. The van der Waals surface area contributed by atoms with Gasteiger partial charge in [-0.2, -0.15) is 0 Å². The first-order chi connectivity index (χ1) is 10.1. The number of hydrogen-bond donors (Lipinski definition) is 1. The van der Waals surface area contributed by atoms with Crippen molar-refractivity contribution in [1.29, 1.82) is 0 Å². The Morgan fingerprint density at radius 3 is 3.10 bits per heavy atom. The van der Waals surface area contributed by atoms with E-state index in [2.05, 4.69) is 30.4 Å². The highest BCUT2D eigenvalue weighted by atomic mass is 35.5. The molecule has 0 aromatic carbocycles. The van der Waals surface area contributed by atoms with Crippen molar-refractivity contribution < 1.29 is 4.42 Å². The summed E-state index contributed by atoms with van der Waals surface area (Å²) in [5.74, 6) is 1.01. The number of nitrogens with one attached hydrogen (secondary N) is 1. The first-order valence-electron chi connectivity index (χ1n) is 7.36. The Balaban J connectivity index is 1.70. The minimum atomic E-state index is 0.250. The lowest BCUT2D eigenvalue weighted by Crippen LogP contribution is -2.34. The van der Waals surface area contributed by atoms with E-state index in [9.17, 15) is 0 Å². The first-order valence-corrected chi connectivity index (χ1v) is 8.56. The topological polar surface area (TPSA) is 28.4 Å². The van der Waals surface area contributed by atoms with Crippen LogP contribution in [0.2, 0.25) is 4.34 Å². The quantitative estimate of drug-likeness (QED) is 0.890. The highest BCUT2D eigenvalue weighted by Crippen LogP contribution is 2.38. The predicted octanol–water partition coefficient (Wildman–Crippen LogP) is 4.26. The second kappa shape index (κ2) is 6.53. The molecule has 2 aromatic heterocycles. The van der Waals surface area contributed by atoms with Gasteiger partial charge in [-0.05, 0) is 57.1 Å². The molecule has 0 radical (unpaired) electrons. The number of aryl methyl sites for hydroxylation is 1. The summed E-state index contributed by atoms with van der Waals surface area (Å²) in [6.07, 6.45) is 5.32. The van der Waals surface area contributed by atoms with E-state index in [1.54, 1.807) is 17.6 Å². The van der Waals surface area contributed by atoms with E-state index in [0.717, 1.165) is 16.6 Å². The van der Waals surface area contributed by atoms with Crippen molar-refractivity contribution in [3.8, 4) is 0 Å². The summed E-state index contributed by atoms with van der Waals surface area (Å²) < 4.78 is 6.48. The average molecular weight is 325 g/mol. The number of halogens is 1. The van der Waals surface area contributed by atoms with Crippen molar-refractivity contribution in [3.63, 3.8) is 0 Å². The van der Waals surface area contributed by atoms with E-state index >= 15 is 0 Å². The van der Waals surface area contributed by atoms with Gasteiger partial charge in [-0.3, -0.25) is 4.90 Å². The fourth-order valence-corrected chi connectivity index (χ4v) is 4.39. The summed E-state index contributed by atoms with van der Waals surface area (Å²) in [4.78, 5) is 3.64. The third-order valence-corrected chi connectivity index (χ3v) is 5.48. The molecule has 0 saturated heterocycles. The molecule has 2 atom stereocenters. The molecular weight excluding hydrogens is 304 g/mol. The summed E-state index contributed by atoms with van der Waals surface area (Å²) in [6, 6.07) is 6.79. The molecule has 2 aromatic rings. The van der Waals surface area contributed by atoms with Gasteiger partial charge in [0.15, 0.2) is 0 Å². The van der Waals surface area contributed by atoms with Gasteiger partial charge in [-0.15, -0.1) is 11.3 Å². The predicted molar refractivity (Wildman–Crippen MR) is 88.1 cm³/mol. The summed E-state index contributed by atoms with van der Waals surface area (Å²) >= 11 is 7.91. The van der Waals surface area contributed by atoms with Crippen LogP contribution in [0.25, 0.3) is 0 Å². The lowest BCUT2D eigenvalue weighted by atomic mass is 9.94. The monoisotopic (exact) mass is 324 g/mol. The number of rotatable bonds is 5. The third kappa shape index (κ3) is 3.34. The smallest absolute Gasteiger partial charge is 0.122 e. The third-order valence-electron chi connectivity index (χ3n) is 4.14. The second-order valence-corrected chi connectivity index (χ2v) is 7.54. The van der Waals surface area contributed by atoms with Crippen LogP contribution in [0.5, 0.6) is 0 Å². The maximum absolute atomic E-state index is 6.18. The van der Waals surface area contributed by atoms with Crippen LogP contribution in [-0.4, -0.2) is 25.5 Å². The number of furan rings is 1. The van der Waals surface area contributed by atoms with Crippen LogP contribution in [0.4, 0.5) is 0 Å². The molecule has 0 amide bonds. The van der Waals surface area contributed by atoms with Crippen LogP contribution in [0.1, 0.15) is 41.1 Å². The summed E-state index contributed by atoms with van der Waals surface area (Å²) in [5.41, 5.74) is 1.40. The fourth-order valence-electron chi connectivity index (χ4n) is 3.01. The summed E-state index contributed by atoms with van der Waals surface area (Å²) in [7, 11) is 4.17. The van der Waals surface area contributed by atoms with Crippen molar-refractivity contribution in [2.24, 2.45) is 0 Å². The van der Waals surface area contributed by atoms with Crippen molar-refractivity contribution >= 4 is 22.9 Å². The van der Waals surface area contributed by atoms with Crippen molar-refractivity contribution in [3.05, 3.63) is 45.0 Å². The van der Waals surface area contributed by atoms with Crippen LogP contribution in [-0.2, 0) is 6.42 Å². The van der Waals surface area contributed by atoms with Gasteiger partial charge in [-0.1, -0.05) is 11.6 Å². The van der Waals surface area contributed by atoms with E-state index < -0.39 is 0 Å². The fraction of sp³-hybridized carbons (Fsp3) is 0.500. The summed E-state index contributed by atoms with van der Waals surface area (Å²) in [6.45, 7) is 0.873. The van der Waals surface area contributed by atoms with E-state index in [1.807, 2.05) is 12.1 Å². The molecule has 1 N–H and O–H groups in total. The zero-order chi connectivity index (χ0) is 14.8. The van der Waals surface area contributed by atoms with Gasteiger partial charge >= 0.3 is 0 Å². The van der Waals surface area contributed by atoms with Crippen LogP contribution in [0, 0.1) is 0 Å². The molecule has 0 saturated carbocycles. The van der Waals surface area contributed by atoms with Gasteiger partial charge in [0.2, 0.25) is 0 Å². The van der Waals surface area contributed by atoms with E-state index in [-0.39, 0.29) is 6.04 Å². The molecule has 1 aliphatic rings. The first kappa shape index (κ1) is 15.1. The highest BCUT2D eigenvalue weighted by Gasteiger charge is 2.24. The van der Waals surface area contributed by atoms with Gasteiger partial charge < -0.3 is 9.73 Å². The minimum absolute atomic E-state index is 0.250. The molecule has 21 heavy (non-hydrogen) atoms. The Hall–Kier alpha value is -0.810. The van der Waals surface area contributed by atoms with Crippen molar-refractivity contribution in [2.75, 3.05) is 20.6 Å². The maximum atomic E-state index is 6.18. The van der Waals surface area contributed by atoms with Crippen molar-refractivity contribution in [1.82, 2.24) is 10.2 Å². The molecule has 5 heteroatoms. The molecule has 114 valence electrons. The molecule has 3 rings (SSSR count). The Kier molecular flexibility index (Phi) is 4.69. The number of hydrogen-bond acceptors (Lipinski definition) is 4. The molecular formula is C16H21ClN2OS. The van der Waals surface area contributed by atoms with E-state index in [1.165, 1.54) is 29.7 Å². The van der Waals surface area contributed by atoms with Crippen LogP contribution < -0.4 is 5.32 Å². The Labute approximate surface area is 134 Å². The van der Waals surface area contributed by atoms with Crippen LogP contribution in [0.3, 0.4) is 0 Å². The van der Waals surface area contributed by atoms with Gasteiger partial charge in [0.05, 0.1) is 16.6 Å². The molecule has 0 spiro atoms. The minimum Gasteiger partial charge on any atom is -0.468 e. The lowest BCUT2D eigenvalue weighted by Gasteiger charge is -2.28. The van der Waals surface area contributed by atoms with Crippen LogP contribution in [0.15, 0.2) is 28.9 Å². The Morgan fingerprint density at radius 1 is 1.52 bits per heavy atom. The SMILES string of the molecule is CN(C)C(CNC1CCCc2sc(Cl)cc21)c1ccco1. The zero-order valence-electron chi connectivity index (χ0n) is 12.4. The zero-order valence-corrected chi connectivity index (χ0v) is 14.0. The van der Waals surface area contributed by atoms with Gasteiger partial charge in [0.25, 0.3) is 0 Å². The maximum Gasteiger partial charge on any atom is 0.122 e. The summed E-state index contributed by atoms with van der Waals surface area (Å²) in [5, 5.41) is 3.71. The number of nitrogens with zero attached hydrogens (tertiary/aromatic N) is 1. The average Bonchev–Trinajstić information content (AvgIpc) is 3.07. The number of thiophene rings is 1. The molecule has 2 unspecified atom stereocenters. The largest absolute Gasteiger partial charge is 0.468 e. The van der Waals surface area contributed by atoms with Gasteiger partial charge in [0.1, 0.15) is 5.76 Å². The van der Waals surface area contributed by atoms with E-state index in [4.69, 9.17) is 16.0 Å². The second-order valence-electron chi connectivity index (χ2n) is 5.78. The molecule has 0 aliphatic heterocycles. The normalized spacial score (nSPS) is 19.7. The van der Waals surface area contributed by atoms with E-state index in [0.29, 0.717) is 6.04 Å². The molecule has 0 fully saturated rings. The number of likely N-dealkylation sites (N-methyl/N-ethyl adjacent to an activating group) is 1. The molecule has 0 bridgehead atoms. The lowest BCUT2D eigenvalue weighted by molar-refractivity contribution is 0.241. The molecule has 3 nitrogen and oxygen atoms in total. The van der Waals surface area contributed by atoms with Gasteiger partial charge in [0, 0.05) is 17.5 Å². The van der Waals surface area contributed by atoms with Crippen LogP contribution >= 0.6 is 22.9 Å². The highest BCUT2D eigenvalue weighted by molar-refractivity contribution is 7.16. The standard InChI is InChI=1S/C16H21ClN2OS/c1-19(2)13(14-6-4-8-20-14)10-18-12-5-3-7-15-11(12)9-16(17)21-15/h4,6,8-9,12-13,18H,3,5,7,10H2,1-2H3. The number of fused-ring (bicyclic) bond motifs is 1. The van der Waals surface area contributed by atoms with Crippen molar-refractivity contribution in [2.45, 2.75) is 31.3 Å². The Bertz CT molecular complexity index is 579.